The molecule has 2 aromatic rings. The van der Waals surface area contributed by atoms with Crippen molar-refractivity contribution in [3.05, 3.63) is 59.7 Å². The van der Waals surface area contributed by atoms with Gasteiger partial charge in [0.15, 0.2) is 0 Å². The van der Waals surface area contributed by atoms with Gasteiger partial charge in [-0.05, 0) is 55.2 Å². The summed E-state index contributed by atoms with van der Waals surface area (Å²) in [5, 5.41) is 11.9. The molecule has 182 valence electrons. The molecule has 0 fully saturated rings. The summed E-state index contributed by atoms with van der Waals surface area (Å²) >= 11 is 1.36. The molecular weight excluding hydrogens is 454 g/mol. The zero-order valence-electron chi connectivity index (χ0n) is 19.7. The maximum Gasteiger partial charge on any atom is 0.407 e. The predicted molar refractivity (Wildman–Crippen MR) is 132 cm³/mol. The standard InChI is InChI=1S/C26H31NO6S/c1-26(2,3)33-23(28)13-8-14-34-16-22(24(29)30)27-25(31)32-15-21-19-11-6-4-9-17(19)18-10-5-7-12-20(18)21/h4-7,9-12,21-22H,8,13-16H2,1-3H3,(H,27,31)(H,29,30)/t22-/m0/s1. The van der Waals surface area contributed by atoms with Crippen LogP contribution < -0.4 is 5.32 Å². The molecular formula is C26H31NO6S. The van der Waals surface area contributed by atoms with E-state index in [1.54, 1.807) is 0 Å². The van der Waals surface area contributed by atoms with Crippen LogP contribution in [0.4, 0.5) is 4.79 Å². The molecule has 1 atom stereocenters. The molecule has 0 aliphatic heterocycles. The summed E-state index contributed by atoms with van der Waals surface area (Å²) < 4.78 is 10.7. The first-order valence-electron chi connectivity index (χ1n) is 11.3. The maximum absolute atomic E-state index is 12.4. The average molecular weight is 486 g/mol. The highest BCUT2D eigenvalue weighted by Crippen LogP contribution is 2.44. The van der Waals surface area contributed by atoms with Crippen LogP contribution in [-0.2, 0) is 19.1 Å². The van der Waals surface area contributed by atoms with E-state index in [-0.39, 0.29) is 30.7 Å². The molecule has 0 aromatic heterocycles. The van der Waals surface area contributed by atoms with E-state index in [0.717, 1.165) is 22.3 Å². The molecule has 0 bridgehead atoms. The summed E-state index contributed by atoms with van der Waals surface area (Å²) in [6, 6.07) is 14.9. The Morgan fingerprint density at radius 3 is 2.18 bits per heavy atom. The summed E-state index contributed by atoms with van der Waals surface area (Å²) in [6.45, 7) is 5.56. The number of aliphatic carboxylic acids is 1. The number of alkyl carbamates (subject to hydrolysis) is 1. The van der Waals surface area contributed by atoms with Gasteiger partial charge in [-0.25, -0.2) is 9.59 Å². The number of rotatable bonds is 10. The quantitative estimate of drug-likeness (QED) is 0.367. The third-order valence-electron chi connectivity index (χ3n) is 5.31. The van der Waals surface area contributed by atoms with Crippen molar-refractivity contribution in [1.82, 2.24) is 5.32 Å². The molecule has 1 aliphatic rings. The van der Waals surface area contributed by atoms with Gasteiger partial charge in [0.2, 0.25) is 0 Å². The Morgan fingerprint density at radius 2 is 1.62 bits per heavy atom. The second-order valence-electron chi connectivity index (χ2n) is 9.13. The van der Waals surface area contributed by atoms with E-state index in [9.17, 15) is 19.5 Å². The minimum Gasteiger partial charge on any atom is -0.480 e. The fourth-order valence-corrected chi connectivity index (χ4v) is 4.85. The molecule has 8 heteroatoms. The van der Waals surface area contributed by atoms with E-state index < -0.39 is 23.7 Å². The van der Waals surface area contributed by atoms with E-state index in [2.05, 4.69) is 17.4 Å². The van der Waals surface area contributed by atoms with Gasteiger partial charge in [-0.15, -0.1) is 0 Å². The number of carbonyl (C=O) groups excluding carboxylic acids is 2. The highest BCUT2D eigenvalue weighted by atomic mass is 32.2. The molecule has 2 N–H and O–H groups in total. The smallest absolute Gasteiger partial charge is 0.407 e. The third-order valence-corrected chi connectivity index (χ3v) is 6.45. The SMILES string of the molecule is CC(C)(C)OC(=O)CCCSC[C@H](NC(=O)OCC1c2ccccc2-c2ccccc21)C(=O)O. The fourth-order valence-electron chi connectivity index (χ4n) is 3.87. The van der Waals surface area contributed by atoms with Gasteiger partial charge in [-0.2, -0.15) is 11.8 Å². The zero-order valence-corrected chi connectivity index (χ0v) is 20.5. The summed E-state index contributed by atoms with van der Waals surface area (Å²) in [4.78, 5) is 35.7. The number of carboxylic acids is 1. The van der Waals surface area contributed by atoms with Crippen LogP contribution in [0.1, 0.15) is 50.7 Å². The highest BCUT2D eigenvalue weighted by Gasteiger charge is 2.29. The van der Waals surface area contributed by atoms with Crippen LogP contribution in [0.2, 0.25) is 0 Å². The van der Waals surface area contributed by atoms with Crippen molar-refractivity contribution in [2.75, 3.05) is 18.1 Å². The first kappa shape index (κ1) is 25.6. The second-order valence-corrected chi connectivity index (χ2v) is 10.3. The number of hydrogen-bond acceptors (Lipinski definition) is 6. The van der Waals surface area contributed by atoms with Crippen LogP contribution in [0.3, 0.4) is 0 Å². The Morgan fingerprint density at radius 1 is 1.03 bits per heavy atom. The lowest BCUT2D eigenvalue weighted by Crippen LogP contribution is -2.43. The monoisotopic (exact) mass is 485 g/mol. The first-order chi connectivity index (χ1) is 16.2. The summed E-state index contributed by atoms with van der Waals surface area (Å²) in [5.74, 6) is -0.750. The van der Waals surface area contributed by atoms with Crippen LogP contribution in [0.25, 0.3) is 11.1 Å². The Balaban J connectivity index is 1.46. The minimum absolute atomic E-state index is 0.0938. The summed E-state index contributed by atoms with van der Waals surface area (Å²) in [6.07, 6.45) is 0.0715. The molecule has 1 aliphatic carbocycles. The van der Waals surface area contributed by atoms with Gasteiger partial charge in [0.1, 0.15) is 18.2 Å². The molecule has 0 unspecified atom stereocenters. The number of thioether (sulfide) groups is 1. The highest BCUT2D eigenvalue weighted by molar-refractivity contribution is 7.99. The maximum atomic E-state index is 12.4. The summed E-state index contributed by atoms with van der Waals surface area (Å²) in [5.41, 5.74) is 3.90. The Hall–Kier alpha value is -3.00. The van der Waals surface area contributed by atoms with E-state index in [0.29, 0.717) is 12.2 Å². The first-order valence-corrected chi connectivity index (χ1v) is 12.4. The number of hydrogen-bond donors (Lipinski definition) is 2. The molecule has 7 nitrogen and oxygen atoms in total. The van der Waals surface area contributed by atoms with Crippen molar-refractivity contribution < 1.29 is 29.0 Å². The van der Waals surface area contributed by atoms with E-state index in [1.807, 2.05) is 57.2 Å². The van der Waals surface area contributed by atoms with Gasteiger partial charge in [-0.3, -0.25) is 4.79 Å². The molecule has 0 saturated carbocycles. The fraction of sp³-hybridized carbons (Fsp3) is 0.423. The second kappa shape index (κ2) is 11.4. The van der Waals surface area contributed by atoms with Gasteiger partial charge in [0.05, 0.1) is 0 Å². The number of esters is 1. The molecule has 1 amide bonds. The van der Waals surface area contributed by atoms with E-state index in [4.69, 9.17) is 9.47 Å². The lowest BCUT2D eigenvalue weighted by atomic mass is 9.98. The van der Waals surface area contributed by atoms with Crippen molar-refractivity contribution in [3.8, 4) is 11.1 Å². The molecule has 0 radical (unpaired) electrons. The van der Waals surface area contributed by atoms with Gasteiger partial charge >= 0.3 is 18.0 Å². The number of carboxylic acid groups (broad SMARTS) is 1. The third kappa shape index (κ3) is 7.00. The molecule has 2 aromatic carbocycles. The molecule has 3 rings (SSSR count). The summed E-state index contributed by atoms with van der Waals surface area (Å²) in [7, 11) is 0. The van der Waals surface area contributed by atoms with Gasteiger partial charge in [-0.1, -0.05) is 48.5 Å². The zero-order chi connectivity index (χ0) is 24.7. The van der Waals surface area contributed by atoms with Crippen LogP contribution in [0.5, 0.6) is 0 Å². The lowest BCUT2D eigenvalue weighted by molar-refractivity contribution is -0.154. The predicted octanol–water partition coefficient (Wildman–Crippen LogP) is 4.83. The van der Waals surface area contributed by atoms with Gasteiger partial charge in [0.25, 0.3) is 0 Å². The van der Waals surface area contributed by atoms with Crippen molar-refractivity contribution >= 4 is 29.8 Å². The average Bonchev–Trinajstić information content (AvgIpc) is 3.09. The number of nitrogens with one attached hydrogen (secondary N) is 1. The van der Waals surface area contributed by atoms with E-state index >= 15 is 0 Å². The Bertz CT molecular complexity index is 986. The largest absolute Gasteiger partial charge is 0.480 e. The number of ether oxygens (including phenoxy) is 2. The van der Waals surface area contributed by atoms with Crippen LogP contribution in [0, 0.1) is 0 Å². The van der Waals surface area contributed by atoms with Crippen LogP contribution in [0.15, 0.2) is 48.5 Å². The van der Waals surface area contributed by atoms with Crippen LogP contribution in [-0.4, -0.2) is 52.9 Å². The number of carbonyl (C=O) groups is 3. The molecule has 34 heavy (non-hydrogen) atoms. The van der Waals surface area contributed by atoms with Crippen molar-refractivity contribution in [1.29, 1.82) is 0 Å². The normalized spacial score (nSPS) is 13.5. The van der Waals surface area contributed by atoms with Gasteiger partial charge < -0.3 is 19.9 Å². The van der Waals surface area contributed by atoms with Gasteiger partial charge in [0, 0.05) is 18.1 Å². The van der Waals surface area contributed by atoms with Crippen molar-refractivity contribution in [2.24, 2.45) is 0 Å². The Labute approximate surface area is 204 Å². The topological polar surface area (TPSA) is 102 Å². The van der Waals surface area contributed by atoms with Crippen molar-refractivity contribution in [2.45, 2.75) is 51.2 Å². The lowest BCUT2D eigenvalue weighted by Gasteiger charge is -2.19. The molecule has 0 spiro atoms. The molecule has 0 saturated heterocycles. The van der Waals surface area contributed by atoms with Crippen LogP contribution >= 0.6 is 11.8 Å². The molecule has 0 heterocycles. The minimum atomic E-state index is -1.13. The number of fused-ring (bicyclic) bond motifs is 3. The Kier molecular flexibility index (Phi) is 8.61. The van der Waals surface area contributed by atoms with Crippen molar-refractivity contribution in [3.63, 3.8) is 0 Å². The number of amides is 1. The number of benzene rings is 2. The van der Waals surface area contributed by atoms with E-state index in [1.165, 1.54) is 11.8 Å².